The third kappa shape index (κ3) is 3.58. The standard InChI is InChI=1S/C18H16BNO/c1-3-9-16(10-4-1)19(17-11-5-2-6-12-17)21-15-18-13-7-8-14-20-18/h1-14H,15H2. The minimum atomic E-state index is -0.0746. The summed E-state index contributed by atoms with van der Waals surface area (Å²) in [6.07, 6.45) is 1.79. The Hall–Kier alpha value is -2.39. The van der Waals surface area contributed by atoms with E-state index in [0.29, 0.717) is 6.61 Å². The number of rotatable bonds is 5. The van der Waals surface area contributed by atoms with E-state index in [9.17, 15) is 0 Å². The molecule has 3 aromatic rings. The largest absolute Gasteiger partial charge is 0.421 e. The summed E-state index contributed by atoms with van der Waals surface area (Å²) in [4.78, 5) is 4.31. The molecule has 3 heteroatoms. The van der Waals surface area contributed by atoms with Crippen LogP contribution in [0.3, 0.4) is 0 Å². The molecule has 0 fully saturated rings. The predicted octanol–water partition coefficient (Wildman–Crippen LogP) is 2.40. The molecule has 2 nitrogen and oxygen atoms in total. The molecule has 0 aliphatic carbocycles. The van der Waals surface area contributed by atoms with Crippen molar-refractivity contribution in [2.24, 2.45) is 0 Å². The lowest BCUT2D eigenvalue weighted by atomic mass is 9.55. The molecule has 0 atom stereocenters. The first kappa shape index (κ1) is 13.6. The zero-order valence-electron chi connectivity index (χ0n) is 11.7. The SMILES string of the molecule is c1ccc(B(OCc2ccccn2)c2ccccc2)cc1. The average Bonchev–Trinajstić information content (AvgIpc) is 2.58. The van der Waals surface area contributed by atoms with Gasteiger partial charge in [-0.2, -0.15) is 0 Å². The summed E-state index contributed by atoms with van der Waals surface area (Å²) in [5, 5.41) is 0. The van der Waals surface area contributed by atoms with Gasteiger partial charge >= 0.3 is 6.92 Å². The van der Waals surface area contributed by atoms with Crippen molar-refractivity contribution in [3.8, 4) is 0 Å². The number of benzene rings is 2. The highest BCUT2D eigenvalue weighted by molar-refractivity contribution is 6.79. The second kappa shape index (κ2) is 6.86. The molecule has 2 aromatic carbocycles. The number of hydrogen-bond donors (Lipinski definition) is 0. The van der Waals surface area contributed by atoms with Gasteiger partial charge in [0.15, 0.2) is 0 Å². The molecule has 0 saturated heterocycles. The summed E-state index contributed by atoms with van der Waals surface area (Å²) in [5.74, 6) is 0. The molecule has 0 aliphatic heterocycles. The highest BCUT2D eigenvalue weighted by Gasteiger charge is 2.20. The third-order valence-electron chi connectivity index (χ3n) is 3.33. The Kier molecular flexibility index (Phi) is 4.44. The van der Waals surface area contributed by atoms with Crippen LogP contribution in [-0.2, 0) is 11.3 Å². The maximum Gasteiger partial charge on any atom is 0.361 e. The topological polar surface area (TPSA) is 22.1 Å². The number of aromatic nitrogens is 1. The summed E-state index contributed by atoms with van der Waals surface area (Å²) in [6.45, 7) is 0.421. The number of nitrogens with zero attached hydrogens (tertiary/aromatic N) is 1. The van der Waals surface area contributed by atoms with E-state index in [0.717, 1.165) is 16.6 Å². The van der Waals surface area contributed by atoms with Gasteiger partial charge in [-0.3, -0.25) is 4.98 Å². The molecule has 102 valence electrons. The number of pyridine rings is 1. The first-order valence-electron chi connectivity index (χ1n) is 7.05. The molecule has 3 rings (SSSR count). The van der Waals surface area contributed by atoms with Crippen LogP contribution >= 0.6 is 0 Å². The Morgan fingerprint density at radius 2 is 1.29 bits per heavy atom. The summed E-state index contributed by atoms with van der Waals surface area (Å²) in [6, 6.07) is 26.4. The van der Waals surface area contributed by atoms with Gasteiger partial charge in [0.1, 0.15) is 0 Å². The first-order chi connectivity index (χ1) is 10.4. The van der Waals surface area contributed by atoms with E-state index < -0.39 is 0 Å². The van der Waals surface area contributed by atoms with Crippen molar-refractivity contribution in [3.05, 3.63) is 90.8 Å². The molecule has 0 unspecified atom stereocenters. The first-order valence-corrected chi connectivity index (χ1v) is 7.05. The Balaban J connectivity index is 1.83. The zero-order valence-corrected chi connectivity index (χ0v) is 11.7. The van der Waals surface area contributed by atoms with Crippen LogP contribution in [0.15, 0.2) is 85.1 Å². The van der Waals surface area contributed by atoms with Crippen LogP contribution in [-0.4, -0.2) is 11.9 Å². The highest BCUT2D eigenvalue weighted by atomic mass is 16.4. The van der Waals surface area contributed by atoms with Crippen LogP contribution in [0.5, 0.6) is 0 Å². The predicted molar refractivity (Wildman–Crippen MR) is 86.9 cm³/mol. The maximum atomic E-state index is 6.14. The molecule has 1 aromatic heterocycles. The molecular weight excluding hydrogens is 257 g/mol. The summed E-state index contributed by atoms with van der Waals surface area (Å²) >= 11 is 0. The quantitative estimate of drug-likeness (QED) is 0.666. The van der Waals surface area contributed by atoms with Crippen molar-refractivity contribution in [2.45, 2.75) is 6.61 Å². The molecule has 0 spiro atoms. The van der Waals surface area contributed by atoms with Gasteiger partial charge in [-0.15, -0.1) is 0 Å². The monoisotopic (exact) mass is 273 g/mol. The molecule has 0 aliphatic rings. The van der Waals surface area contributed by atoms with Crippen molar-refractivity contribution >= 4 is 17.8 Å². The fraction of sp³-hybridized carbons (Fsp3) is 0.0556. The van der Waals surface area contributed by atoms with E-state index in [2.05, 4.69) is 29.2 Å². The molecule has 0 N–H and O–H groups in total. The normalized spacial score (nSPS) is 10.3. The second-order valence-corrected chi connectivity index (χ2v) is 4.83. The van der Waals surface area contributed by atoms with Crippen LogP contribution in [0.2, 0.25) is 0 Å². The lowest BCUT2D eigenvalue weighted by Gasteiger charge is -2.15. The number of hydrogen-bond acceptors (Lipinski definition) is 2. The Morgan fingerprint density at radius 3 is 1.81 bits per heavy atom. The molecule has 0 radical (unpaired) electrons. The molecule has 21 heavy (non-hydrogen) atoms. The lowest BCUT2D eigenvalue weighted by Crippen LogP contribution is -2.44. The average molecular weight is 273 g/mol. The van der Waals surface area contributed by atoms with E-state index >= 15 is 0 Å². The van der Waals surface area contributed by atoms with Crippen LogP contribution in [0.4, 0.5) is 0 Å². The minimum Gasteiger partial charge on any atom is -0.421 e. The van der Waals surface area contributed by atoms with Crippen molar-refractivity contribution in [1.29, 1.82) is 0 Å². The maximum absolute atomic E-state index is 6.14. The van der Waals surface area contributed by atoms with Crippen molar-refractivity contribution in [2.75, 3.05) is 0 Å². The van der Waals surface area contributed by atoms with E-state index in [1.165, 1.54) is 0 Å². The van der Waals surface area contributed by atoms with Crippen LogP contribution < -0.4 is 10.9 Å². The fourth-order valence-electron chi connectivity index (χ4n) is 2.29. The van der Waals surface area contributed by atoms with Crippen molar-refractivity contribution in [3.63, 3.8) is 0 Å². The molecule has 1 heterocycles. The van der Waals surface area contributed by atoms with E-state index in [1.807, 2.05) is 54.6 Å². The third-order valence-corrected chi connectivity index (χ3v) is 3.33. The van der Waals surface area contributed by atoms with Gasteiger partial charge in [0, 0.05) is 6.20 Å². The van der Waals surface area contributed by atoms with Crippen molar-refractivity contribution in [1.82, 2.24) is 4.98 Å². The van der Waals surface area contributed by atoms with Gasteiger partial charge in [-0.25, -0.2) is 0 Å². The van der Waals surface area contributed by atoms with Gasteiger partial charge in [-0.05, 0) is 23.1 Å². The molecule has 0 amide bonds. The lowest BCUT2D eigenvalue weighted by molar-refractivity contribution is 0.316. The van der Waals surface area contributed by atoms with Gasteiger partial charge in [0.25, 0.3) is 0 Å². The Labute approximate surface area is 125 Å². The molecule has 0 bridgehead atoms. The van der Waals surface area contributed by atoms with Crippen molar-refractivity contribution < 1.29 is 4.65 Å². The fourth-order valence-corrected chi connectivity index (χ4v) is 2.29. The Bertz CT molecular complexity index is 619. The van der Waals surface area contributed by atoms with E-state index in [4.69, 9.17) is 4.65 Å². The highest BCUT2D eigenvalue weighted by Crippen LogP contribution is 2.00. The summed E-state index contributed by atoms with van der Waals surface area (Å²) < 4.78 is 6.14. The summed E-state index contributed by atoms with van der Waals surface area (Å²) in [7, 11) is 0. The van der Waals surface area contributed by atoms with Gasteiger partial charge in [0.05, 0.1) is 12.3 Å². The van der Waals surface area contributed by atoms with Gasteiger partial charge < -0.3 is 4.65 Å². The zero-order chi connectivity index (χ0) is 14.3. The summed E-state index contributed by atoms with van der Waals surface area (Å²) in [5.41, 5.74) is 3.24. The Morgan fingerprint density at radius 1 is 0.714 bits per heavy atom. The van der Waals surface area contributed by atoms with Gasteiger partial charge in [0.2, 0.25) is 0 Å². The molecular formula is C18H16BNO. The molecule has 0 saturated carbocycles. The van der Waals surface area contributed by atoms with E-state index in [1.54, 1.807) is 6.20 Å². The minimum absolute atomic E-state index is 0.0746. The second-order valence-electron chi connectivity index (χ2n) is 4.83. The van der Waals surface area contributed by atoms with Crippen LogP contribution in [0.25, 0.3) is 0 Å². The smallest absolute Gasteiger partial charge is 0.361 e. The van der Waals surface area contributed by atoms with Crippen LogP contribution in [0, 0.1) is 0 Å². The van der Waals surface area contributed by atoms with Crippen LogP contribution in [0.1, 0.15) is 5.69 Å². The van der Waals surface area contributed by atoms with E-state index in [-0.39, 0.29) is 6.92 Å². The van der Waals surface area contributed by atoms with Gasteiger partial charge in [-0.1, -0.05) is 66.7 Å².